The Morgan fingerprint density at radius 1 is 1.27 bits per heavy atom. The molecule has 5 nitrogen and oxygen atoms in total. The van der Waals surface area contributed by atoms with Crippen molar-refractivity contribution in [1.82, 2.24) is 15.3 Å². The second-order valence-corrected chi connectivity index (χ2v) is 5.63. The second kappa shape index (κ2) is 6.66. The largest absolute Gasteiger partial charge is 0.326 e. The van der Waals surface area contributed by atoms with Gasteiger partial charge in [-0.2, -0.15) is 0 Å². The van der Waals surface area contributed by atoms with Gasteiger partial charge in [0.1, 0.15) is 0 Å². The van der Waals surface area contributed by atoms with Crippen LogP contribution >= 0.6 is 0 Å². The monoisotopic (exact) mass is 296 g/mol. The Morgan fingerprint density at radius 2 is 2.09 bits per heavy atom. The van der Waals surface area contributed by atoms with Gasteiger partial charge in [0.05, 0.1) is 5.92 Å². The number of hydrogen-bond acceptors (Lipinski definition) is 4. The van der Waals surface area contributed by atoms with Crippen LogP contribution in [-0.4, -0.2) is 29.0 Å². The minimum absolute atomic E-state index is 0.0635. The van der Waals surface area contributed by atoms with E-state index in [1.54, 1.807) is 6.20 Å². The van der Waals surface area contributed by atoms with Gasteiger partial charge in [0, 0.05) is 29.7 Å². The summed E-state index contributed by atoms with van der Waals surface area (Å²) in [7, 11) is 0. The summed E-state index contributed by atoms with van der Waals surface area (Å²) in [6.07, 6.45) is 3.76. The number of aromatic nitrogens is 2. The summed E-state index contributed by atoms with van der Waals surface area (Å²) in [5.74, 6) is 0.856. The lowest BCUT2D eigenvalue weighted by atomic mass is 9.99. The van der Waals surface area contributed by atoms with E-state index >= 15 is 0 Å². The third-order valence-electron chi connectivity index (χ3n) is 3.87. The maximum Gasteiger partial charge on any atom is 0.228 e. The standard InChI is InChI=1S/C17H20N4O/c1-12-8-10-19-16(20-12)13-4-6-15(7-5-13)21-17(22)14-3-2-9-18-11-14/h4-8,10,14,18H,2-3,9,11H2,1H3,(H,21,22). The van der Waals surface area contributed by atoms with E-state index in [0.29, 0.717) is 5.82 Å². The molecule has 0 spiro atoms. The molecule has 2 N–H and O–H groups in total. The Bertz CT molecular complexity index is 648. The Hall–Kier alpha value is -2.27. The molecular formula is C17H20N4O. The molecule has 1 aliphatic heterocycles. The molecule has 3 rings (SSSR count). The number of rotatable bonds is 3. The Balaban J connectivity index is 1.67. The smallest absolute Gasteiger partial charge is 0.228 e. The van der Waals surface area contributed by atoms with Gasteiger partial charge in [-0.3, -0.25) is 4.79 Å². The van der Waals surface area contributed by atoms with Crippen LogP contribution < -0.4 is 10.6 Å². The highest BCUT2D eigenvalue weighted by molar-refractivity contribution is 5.93. The van der Waals surface area contributed by atoms with Gasteiger partial charge >= 0.3 is 0 Å². The van der Waals surface area contributed by atoms with Gasteiger partial charge in [-0.1, -0.05) is 0 Å². The van der Waals surface area contributed by atoms with E-state index < -0.39 is 0 Å². The number of carbonyl (C=O) groups is 1. The lowest BCUT2D eigenvalue weighted by Gasteiger charge is -2.21. The van der Waals surface area contributed by atoms with Crippen molar-refractivity contribution in [2.45, 2.75) is 19.8 Å². The molecule has 114 valence electrons. The molecule has 2 aromatic rings. The van der Waals surface area contributed by atoms with Crippen LogP contribution in [0.1, 0.15) is 18.5 Å². The summed E-state index contributed by atoms with van der Waals surface area (Å²) < 4.78 is 0. The number of nitrogens with zero attached hydrogens (tertiary/aromatic N) is 2. The zero-order valence-corrected chi connectivity index (χ0v) is 12.7. The van der Waals surface area contributed by atoms with Crippen molar-refractivity contribution in [2.24, 2.45) is 5.92 Å². The van der Waals surface area contributed by atoms with Gasteiger partial charge in [-0.25, -0.2) is 9.97 Å². The molecule has 22 heavy (non-hydrogen) atoms. The molecule has 1 unspecified atom stereocenters. The highest BCUT2D eigenvalue weighted by Gasteiger charge is 2.20. The van der Waals surface area contributed by atoms with Crippen molar-refractivity contribution in [2.75, 3.05) is 18.4 Å². The van der Waals surface area contributed by atoms with Gasteiger partial charge < -0.3 is 10.6 Å². The van der Waals surface area contributed by atoms with Crippen LogP contribution in [0, 0.1) is 12.8 Å². The van der Waals surface area contributed by atoms with E-state index in [0.717, 1.165) is 42.9 Å². The van der Waals surface area contributed by atoms with Crippen LogP contribution in [0.5, 0.6) is 0 Å². The van der Waals surface area contributed by atoms with Crippen molar-refractivity contribution in [1.29, 1.82) is 0 Å². The van der Waals surface area contributed by atoms with Crippen molar-refractivity contribution in [3.05, 3.63) is 42.2 Å². The minimum atomic E-state index is 0.0635. The first-order valence-electron chi connectivity index (χ1n) is 7.64. The molecule has 0 saturated carbocycles. The van der Waals surface area contributed by atoms with Gasteiger partial charge in [-0.05, 0) is 56.6 Å². The van der Waals surface area contributed by atoms with Gasteiger partial charge in [0.15, 0.2) is 5.82 Å². The van der Waals surface area contributed by atoms with E-state index in [1.165, 1.54) is 0 Å². The van der Waals surface area contributed by atoms with Crippen molar-refractivity contribution >= 4 is 11.6 Å². The summed E-state index contributed by atoms with van der Waals surface area (Å²) in [4.78, 5) is 20.9. The lowest BCUT2D eigenvalue weighted by molar-refractivity contribution is -0.120. The fourth-order valence-electron chi connectivity index (χ4n) is 2.61. The highest BCUT2D eigenvalue weighted by Crippen LogP contribution is 2.19. The molecule has 1 fully saturated rings. The van der Waals surface area contributed by atoms with Crippen LogP contribution in [0.4, 0.5) is 5.69 Å². The van der Waals surface area contributed by atoms with E-state index in [-0.39, 0.29) is 11.8 Å². The topological polar surface area (TPSA) is 66.9 Å². The number of benzene rings is 1. The number of hydrogen-bond donors (Lipinski definition) is 2. The molecule has 1 atom stereocenters. The highest BCUT2D eigenvalue weighted by atomic mass is 16.1. The first-order chi connectivity index (χ1) is 10.7. The molecule has 2 heterocycles. The minimum Gasteiger partial charge on any atom is -0.326 e. The fraction of sp³-hybridized carbons (Fsp3) is 0.353. The Kier molecular flexibility index (Phi) is 4.44. The maximum atomic E-state index is 12.2. The predicted octanol–water partition coefficient (Wildman–Crippen LogP) is 2.39. The van der Waals surface area contributed by atoms with Crippen LogP contribution in [-0.2, 0) is 4.79 Å². The molecule has 1 aromatic heterocycles. The molecule has 0 aliphatic carbocycles. The Labute approximate surface area is 130 Å². The number of piperidine rings is 1. The average molecular weight is 296 g/mol. The maximum absolute atomic E-state index is 12.2. The first kappa shape index (κ1) is 14.7. The predicted molar refractivity (Wildman–Crippen MR) is 86.4 cm³/mol. The SMILES string of the molecule is Cc1ccnc(-c2ccc(NC(=O)C3CCCNC3)cc2)n1. The molecule has 1 saturated heterocycles. The number of amides is 1. The summed E-state index contributed by atoms with van der Waals surface area (Å²) >= 11 is 0. The van der Waals surface area contributed by atoms with Crippen molar-refractivity contribution in [3.8, 4) is 11.4 Å². The molecule has 1 aromatic carbocycles. The van der Waals surface area contributed by atoms with Crippen LogP contribution in [0.25, 0.3) is 11.4 Å². The van der Waals surface area contributed by atoms with Crippen LogP contribution in [0.2, 0.25) is 0 Å². The van der Waals surface area contributed by atoms with Gasteiger partial charge in [-0.15, -0.1) is 0 Å². The van der Waals surface area contributed by atoms with Gasteiger partial charge in [0.2, 0.25) is 5.91 Å². The summed E-state index contributed by atoms with van der Waals surface area (Å²) in [6.45, 7) is 3.72. The molecule has 1 aliphatic rings. The molecule has 1 amide bonds. The summed E-state index contributed by atoms with van der Waals surface area (Å²) in [5.41, 5.74) is 2.69. The molecule has 0 radical (unpaired) electrons. The average Bonchev–Trinajstić information content (AvgIpc) is 2.56. The summed E-state index contributed by atoms with van der Waals surface area (Å²) in [5, 5.41) is 6.24. The second-order valence-electron chi connectivity index (χ2n) is 5.63. The first-order valence-corrected chi connectivity index (χ1v) is 7.64. The lowest BCUT2D eigenvalue weighted by Crippen LogP contribution is -2.37. The zero-order chi connectivity index (χ0) is 15.4. The number of carbonyl (C=O) groups excluding carboxylic acids is 1. The molecule has 0 bridgehead atoms. The number of aryl methyl sites for hydroxylation is 1. The quantitative estimate of drug-likeness (QED) is 0.912. The van der Waals surface area contributed by atoms with Crippen molar-refractivity contribution in [3.63, 3.8) is 0 Å². The number of nitrogens with one attached hydrogen (secondary N) is 2. The van der Waals surface area contributed by atoms with E-state index in [9.17, 15) is 4.79 Å². The zero-order valence-electron chi connectivity index (χ0n) is 12.7. The van der Waals surface area contributed by atoms with Crippen LogP contribution in [0.15, 0.2) is 36.5 Å². The van der Waals surface area contributed by atoms with E-state index in [1.807, 2.05) is 37.3 Å². The van der Waals surface area contributed by atoms with E-state index in [4.69, 9.17) is 0 Å². The van der Waals surface area contributed by atoms with Crippen LogP contribution in [0.3, 0.4) is 0 Å². The Morgan fingerprint density at radius 3 is 2.77 bits per heavy atom. The molecular weight excluding hydrogens is 276 g/mol. The van der Waals surface area contributed by atoms with Crippen molar-refractivity contribution < 1.29 is 4.79 Å². The van der Waals surface area contributed by atoms with Gasteiger partial charge in [0.25, 0.3) is 0 Å². The number of anilines is 1. The van der Waals surface area contributed by atoms with E-state index in [2.05, 4.69) is 20.6 Å². The third-order valence-corrected chi connectivity index (χ3v) is 3.87. The normalized spacial score (nSPS) is 18.0. The molecule has 5 heteroatoms. The third kappa shape index (κ3) is 3.49. The summed E-state index contributed by atoms with van der Waals surface area (Å²) in [6, 6.07) is 9.54. The fourth-order valence-corrected chi connectivity index (χ4v) is 2.61.